The normalized spacial score (nSPS) is 10.5. The van der Waals surface area contributed by atoms with Crippen LogP contribution in [0.4, 0.5) is 16.2 Å². The molecule has 2 amide bonds. The van der Waals surface area contributed by atoms with Crippen LogP contribution in [-0.2, 0) is 0 Å². The summed E-state index contributed by atoms with van der Waals surface area (Å²) < 4.78 is 16.2. The summed E-state index contributed by atoms with van der Waals surface area (Å²) in [5.41, 5.74) is 1.84. The Morgan fingerprint density at radius 2 is 1.57 bits per heavy atom. The highest BCUT2D eigenvalue weighted by Crippen LogP contribution is 2.28. The highest BCUT2D eigenvalue weighted by molar-refractivity contribution is 6.00. The lowest BCUT2D eigenvalue weighted by Gasteiger charge is -2.11. The second kappa shape index (κ2) is 8.39. The van der Waals surface area contributed by atoms with E-state index in [9.17, 15) is 4.79 Å². The summed E-state index contributed by atoms with van der Waals surface area (Å²) in [7, 11) is 3.09. The number of carbonyl (C=O) groups is 1. The van der Waals surface area contributed by atoms with E-state index in [0.29, 0.717) is 40.2 Å². The number of amides is 2. The van der Waals surface area contributed by atoms with E-state index in [4.69, 9.17) is 14.2 Å². The van der Waals surface area contributed by atoms with Gasteiger partial charge in [0.1, 0.15) is 29.2 Å². The molecule has 0 spiro atoms. The van der Waals surface area contributed by atoms with Gasteiger partial charge in [-0.05, 0) is 30.3 Å². The minimum Gasteiger partial charge on any atom is -0.497 e. The van der Waals surface area contributed by atoms with Crippen LogP contribution in [0.2, 0.25) is 0 Å². The third-order valence-electron chi connectivity index (χ3n) is 4.25. The average Bonchev–Trinajstić information content (AvgIpc) is 3.24. The lowest BCUT2D eigenvalue weighted by molar-refractivity contribution is 0.262. The van der Waals surface area contributed by atoms with Gasteiger partial charge in [-0.3, -0.25) is 0 Å². The molecule has 0 aliphatic heterocycles. The van der Waals surface area contributed by atoms with E-state index in [2.05, 4.69) is 25.6 Å². The van der Waals surface area contributed by atoms with Crippen molar-refractivity contribution in [2.75, 3.05) is 24.9 Å². The van der Waals surface area contributed by atoms with Gasteiger partial charge in [0, 0.05) is 35.8 Å². The van der Waals surface area contributed by atoms with Crippen LogP contribution in [0.3, 0.4) is 0 Å². The fraction of sp³-hybridized carbons (Fsp3) is 0.0952. The van der Waals surface area contributed by atoms with E-state index in [0.717, 1.165) is 5.39 Å². The lowest BCUT2D eigenvalue weighted by Crippen LogP contribution is -2.19. The fourth-order valence-corrected chi connectivity index (χ4v) is 2.82. The highest BCUT2D eigenvalue weighted by Gasteiger charge is 2.09. The number of nitrogens with one attached hydrogen (secondary N) is 3. The number of ether oxygens (including phenoxy) is 3. The zero-order valence-corrected chi connectivity index (χ0v) is 16.3. The SMILES string of the molecule is COc1cc(NC(=O)Nc2ccc(Oc3ncnc4[nH]ccc34)cc2)cc(OC)c1. The van der Waals surface area contributed by atoms with Gasteiger partial charge in [-0.15, -0.1) is 0 Å². The van der Waals surface area contributed by atoms with Crippen LogP contribution in [0.25, 0.3) is 11.0 Å². The zero-order chi connectivity index (χ0) is 20.9. The summed E-state index contributed by atoms with van der Waals surface area (Å²) in [6.45, 7) is 0. The number of nitrogens with zero attached hydrogens (tertiary/aromatic N) is 2. The van der Waals surface area contributed by atoms with Crippen molar-refractivity contribution in [3.63, 3.8) is 0 Å². The van der Waals surface area contributed by atoms with Crippen LogP contribution in [0.15, 0.2) is 61.1 Å². The lowest BCUT2D eigenvalue weighted by atomic mass is 10.2. The van der Waals surface area contributed by atoms with E-state index in [1.54, 1.807) is 62.9 Å². The van der Waals surface area contributed by atoms with Crippen molar-refractivity contribution in [3.05, 3.63) is 61.1 Å². The Kier molecular flexibility index (Phi) is 5.33. The maximum absolute atomic E-state index is 12.3. The number of anilines is 2. The smallest absolute Gasteiger partial charge is 0.323 e. The number of methoxy groups -OCH3 is 2. The van der Waals surface area contributed by atoms with Crippen molar-refractivity contribution in [3.8, 4) is 23.1 Å². The van der Waals surface area contributed by atoms with Crippen molar-refractivity contribution in [2.24, 2.45) is 0 Å². The van der Waals surface area contributed by atoms with E-state index in [1.165, 1.54) is 6.33 Å². The number of aromatic nitrogens is 3. The molecule has 0 aliphatic rings. The molecule has 0 saturated carbocycles. The predicted molar refractivity (Wildman–Crippen MR) is 113 cm³/mol. The van der Waals surface area contributed by atoms with Gasteiger partial charge in [-0.1, -0.05) is 0 Å². The Hall–Kier alpha value is -4.27. The summed E-state index contributed by atoms with van der Waals surface area (Å²) in [5, 5.41) is 6.30. The molecule has 3 N–H and O–H groups in total. The van der Waals surface area contributed by atoms with E-state index >= 15 is 0 Å². The van der Waals surface area contributed by atoms with Gasteiger partial charge in [-0.25, -0.2) is 14.8 Å². The van der Waals surface area contributed by atoms with Crippen molar-refractivity contribution >= 4 is 28.4 Å². The van der Waals surface area contributed by atoms with Crippen LogP contribution >= 0.6 is 0 Å². The average molecular weight is 405 g/mol. The molecule has 2 heterocycles. The Bertz CT molecular complexity index is 1150. The largest absolute Gasteiger partial charge is 0.497 e. The first-order valence-corrected chi connectivity index (χ1v) is 9.01. The maximum atomic E-state index is 12.3. The van der Waals surface area contributed by atoms with Crippen LogP contribution in [0.1, 0.15) is 0 Å². The highest BCUT2D eigenvalue weighted by atomic mass is 16.5. The molecule has 2 aromatic heterocycles. The number of H-pyrrole nitrogens is 1. The minimum absolute atomic E-state index is 0.399. The first-order valence-electron chi connectivity index (χ1n) is 9.01. The molecule has 4 aromatic rings. The number of hydrogen-bond acceptors (Lipinski definition) is 6. The maximum Gasteiger partial charge on any atom is 0.323 e. The van der Waals surface area contributed by atoms with Crippen molar-refractivity contribution in [2.45, 2.75) is 0 Å². The third-order valence-corrected chi connectivity index (χ3v) is 4.25. The number of fused-ring (bicyclic) bond motifs is 1. The number of rotatable bonds is 6. The number of urea groups is 1. The number of carbonyl (C=O) groups excluding carboxylic acids is 1. The first kappa shape index (κ1) is 19.1. The molecule has 0 unspecified atom stereocenters. The van der Waals surface area contributed by atoms with Crippen LogP contribution in [0.5, 0.6) is 23.1 Å². The van der Waals surface area contributed by atoms with Gasteiger partial charge in [0.05, 0.1) is 19.6 Å². The van der Waals surface area contributed by atoms with Gasteiger partial charge in [0.25, 0.3) is 0 Å². The molecule has 4 rings (SSSR count). The van der Waals surface area contributed by atoms with Crippen LogP contribution in [0, 0.1) is 0 Å². The molecule has 0 radical (unpaired) electrons. The van der Waals surface area contributed by atoms with Crippen LogP contribution < -0.4 is 24.8 Å². The van der Waals surface area contributed by atoms with E-state index < -0.39 is 6.03 Å². The molecule has 30 heavy (non-hydrogen) atoms. The van der Waals surface area contributed by atoms with Crippen LogP contribution in [-0.4, -0.2) is 35.2 Å². The summed E-state index contributed by atoms with van der Waals surface area (Å²) in [6.07, 6.45) is 3.21. The standard InChI is InChI=1S/C21H19N5O4/c1-28-16-9-14(10-17(11-16)29-2)26-21(27)25-13-3-5-15(6-4-13)30-20-18-7-8-22-19(18)23-12-24-20/h3-12H,1-2H3,(H,22,23,24)(H2,25,26,27). The first-order chi connectivity index (χ1) is 14.6. The summed E-state index contributed by atoms with van der Waals surface area (Å²) in [5.74, 6) is 2.19. The van der Waals surface area contributed by atoms with Crippen molar-refractivity contribution in [1.82, 2.24) is 15.0 Å². The quantitative estimate of drug-likeness (QED) is 0.438. The molecule has 2 aromatic carbocycles. The fourth-order valence-electron chi connectivity index (χ4n) is 2.82. The second-order valence-corrected chi connectivity index (χ2v) is 6.23. The summed E-state index contributed by atoms with van der Waals surface area (Å²) in [4.78, 5) is 23.6. The topological polar surface area (TPSA) is 110 Å². The molecule has 0 aliphatic carbocycles. The number of aromatic amines is 1. The zero-order valence-electron chi connectivity index (χ0n) is 16.3. The van der Waals surface area contributed by atoms with E-state index in [1.807, 2.05) is 6.07 Å². The third kappa shape index (κ3) is 4.25. The van der Waals surface area contributed by atoms with Gasteiger partial charge in [0.15, 0.2) is 0 Å². The van der Waals surface area contributed by atoms with E-state index in [-0.39, 0.29) is 0 Å². The summed E-state index contributed by atoms with van der Waals surface area (Å²) >= 11 is 0. The minimum atomic E-state index is -0.399. The predicted octanol–water partition coefficient (Wildman–Crippen LogP) is 4.41. The molecule has 9 nitrogen and oxygen atoms in total. The van der Waals surface area contributed by atoms with Crippen molar-refractivity contribution in [1.29, 1.82) is 0 Å². The molecule has 0 saturated heterocycles. The Labute approximate surface area is 172 Å². The Morgan fingerprint density at radius 1 is 0.867 bits per heavy atom. The molecule has 9 heteroatoms. The molecular weight excluding hydrogens is 386 g/mol. The van der Waals surface area contributed by atoms with Crippen molar-refractivity contribution < 1.29 is 19.0 Å². The molecule has 0 fully saturated rings. The number of hydrogen-bond donors (Lipinski definition) is 3. The molecule has 152 valence electrons. The molecular formula is C21H19N5O4. The molecule has 0 bridgehead atoms. The monoisotopic (exact) mass is 405 g/mol. The Morgan fingerprint density at radius 3 is 2.27 bits per heavy atom. The summed E-state index contributed by atoms with van der Waals surface area (Å²) in [6, 6.07) is 13.5. The van der Waals surface area contributed by atoms with Gasteiger partial charge < -0.3 is 29.8 Å². The Balaban J connectivity index is 1.41. The van der Waals surface area contributed by atoms with Gasteiger partial charge >= 0.3 is 6.03 Å². The second-order valence-electron chi connectivity index (χ2n) is 6.23. The van der Waals surface area contributed by atoms with Gasteiger partial charge in [0.2, 0.25) is 5.88 Å². The molecule has 0 atom stereocenters. The van der Waals surface area contributed by atoms with Gasteiger partial charge in [-0.2, -0.15) is 0 Å². The number of benzene rings is 2.